The number of carboxylic acid groups (broad SMARTS) is 1. The number of carboxylic acids is 1. The maximum atomic E-state index is 15.2. The minimum Gasteiger partial charge on any atom is -0.487 e. The van der Waals surface area contributed by atoms with Gasteiger partial charge in [-0.25, -0.2) is 10.2 Å². The van der Waals surface area contributed by atoms with E-state index >= 15 is 4.39 Å². The molecule has 0 bridgehead atoms. The van der Waals surface area contributed by atoms with Crippen molar-refractivity contribution in [3.05, 3.63) is 40.5 Å². The van der Waals surface area contributed by atoms with Crippen molar-refractivity contribution in [3.63, 3.8) is 0 Å². The van der Waals surface area contributed by atoms with E-state index < -0.39 is 59.2 Å². The maximum Gasteiger partial charge on any atom is 0.434 e. The number of likely N-dealkylation sites (tertiary alicyclic amines) is 1. The third kappa shape index (κ3) is 5.99. The summed E-state index contributed by atoms with van der Waals surface area (Å²) >= 11 is 0. The summed E-state index contributed by atoms with van der Waals surface area (Å²) in [4.78, 5) is 42.1. The zero-order valence-corrected chi connectivity index (χ0v) is 23.7. The van der Waals surface area contributed by atoms with Gasteiger partial charge in [0.1, 0.15) is 18.2 Å². The topological polar surface area (TPSA) is 142 Å². The number of carbonyl (C=O) groups is 3. The van der Waals surface area contributed by atoms with Crippen LogP contribution < -0.4 is 16.3 Å². The molecule has 4 rings (SSSR count). The number of hydrogen-bond donors (Lipinski definition) is 3. The van der Waals surface area contributed by atoms with Gasteiger partial charge in [0.15, 0.2) is 5.70 Å². The van der Waals surface area contributed by atoms with Crippen LogP contribution in [0.25, 0.3) is 0 Å². The minimum absolute atomic E-state index is 0.00144. The molecule has 0 aromatic heterocycles. The lowest BCUT2D eigenvalue weighted by molar-refractivity contribution is -0.162. The molecule has 1 saturated carbocycles. The summed E-state index contributed by atoms with van der Waals surface area (Å²) in [6.45, 7) is 1.31. The number of nitrogens with two attached hydrogens (primary N) is 2. The molecule has 2 amide bonds. The van der Waals surface area contributed by atoms with Gasteiger partial charge in [0, 0.05) is 38.7 Å². The van der Waals surface area contributed by atoms with Gasteiger partial charge >= 0.3 is 12.1 Å². The van der Waals surface area contributed by atoms with Crippen LogP contribution in [0.1, 0.15) is 62.6 Å². The predicted molar refractivity (Wildman–Crippen MR) is 143 cm³/mol. The second-order valence-electron chi connectivity index (χ2n) is 11.5. The average molecular weight is 600 g/mol. The molecule has 1 aromatic rings. The molecule has 3 aliphatic rings. The zero-order valence-electron chi connectivity index (χ0n) is 23.7. The van der Waals surface area contributed by atoms with Crippen molar-refractivity contribution in [2.24, 2.45) is 22.9 Å². The van der Waals surface area contributed by atoms with E-state index in [1.54, 1.807) is 11.8 Å². The number of allylic oxidation sites excluding steroid dienone is 1. The fourth-order valence-corrected chi connectivity index (χ4v) is 6.48. The highest BCUT2D eigenvalue weighted by atomic mass is 19.4. The van der Waals surface area contributed by atoms with Crippen LogP contribution >= 0.6 is 0 Å². The molecule has 42 heavy (non-hydrogen) atoms. The molecular weight excluding hydrogens is 562 g/mol. The van der Waals surface area contributed by atoms with Crippen LogP contribution in [0.4, 0.5) is 17.6 Å². The normalized spacial score (nSPS) is 25.2. The Morgan fingerprint density at radius 2 is 1.90 bits per heavy atom. The van der Waals surface area contributed by atoms with E-state index in [1.807, 2.05) is 0 Å². The molecule has 3 atom stereocenters. The Kier molecular flexibility index (Phi) is 8.95. The molecule has 5 N–H and O–H groups in total. The van der Waals surface area contributed by atoms with E-state index in [1.165, 1.54) is 11.0 Å². The van der Waals surface area contributed by atoms with Crippen molar-refractivity contribution in [1.29, 1.82) is 0 Å². The fraction of sp³-hybridized carbons (Fsp3) is 0.607. The summed E-state index contributed by atoms with van der Waals surface area (Å²) < 4.78 is 61.6. The lowest BCUT2D eigenvalue weighted by Crippen LogP contribution is -2.52. The number of nitrogens with zero attached hydrogens (tertiary/aromatic N) is 3. The number of carbonyl (C=O) groups excluding carboxylic acids is 2. The Morgan fingerprint density at radius 3 is 2.50 bits per heavy atom. The third-order valence-electron chi connectivity index (χ3n) is 8.72. The number of rotatable bonds is 8. The molecule has 2 heterocycles. The monoisotopic (exact) mass is 599 g/mol. The smallest absolute Gasteiger partial charge is 0.434 e. The van der Waals surface area contributed by atoms with Crippen molar-refractivity contribution in [3.8, 4) is 5.75 Å². The zero-order chi connectivity index (χ0) is 31.0. The molecule has 10 nitrogen and oxygen atoms in total. The molecule has 0 radical (unpaired) electrons. The molecule has 1 aliphatic carbocycles. The number of amides is 2. The standard InChI is InChI=1S/C28H37F4N5O5/c1-27(26(40)41)11-4-3-6-17(27)25(39)37-13-10-16-18(29)8-9-21(23(16)20(37)14-36-12-5-7-22(36)38)42-15-19(33)24(35(2)34)28(30,31)32/h8-9,17,20H,3-7,10-15,33-34H2,1-2H3,(H,40,41)/b24-19-/t17-,20?,27-/m0/s1. The highest BCUT2D eigenvalue weighted by molar-refractivity contribution is 5.88. The van der Waals surface area contributed by atoms with Crippen LogP contribution in [0.15, 0.2) is 23.5 Å². The first-order valence-corrected chi connectivity index (χ1v) is 14.0. The van der Waals surface area contributed by atoms with E-state index in [2.05, 4.69) is 0 Å². The number of fused-ring (bicyclic) bond motifs is 1. The number of hydrazine groups is 1. The second-order valence-corrected chi connectivity index (χ2v) is 11.5. The van der Waals surface area contributed by atoms with Gasteiger partial charge in [0.25, 0.3) is 0 Å². The molecule has 1 unspecified atom stereocenters. The second kappa shape index (κ2) is 12.0. The molecule has 2 fully saturated rings. The number of aliphatic carboxylic acids is 1. The SMILES string of the molecule is CN(N)/C(=C(\N)COc1ccc(F)c2c1C(CN1CCCC1=O)N(C(=O)[C@@H]1CCCC[C@]1(C)C(=O)O)CC2)C(F)(F)F. The largest absolute Gasteiger partial charge is 0.487 e. The van der Waals surface area contributed by atoms with Crippen molar-refractivity contribution in [1.82, 2.24) is 14.8 Å². The first-order valence-electron chi connectivity index (χ1n) is 14.0. The van der Waals surface area contributed by atoms with Crippen LogP contribution in [-0.4, -0.2) is 77.2 Å². The molecule has 14 heteroatoms. The van der Waals surface area contributed by atoms with Crippen LogP contribution in [0.5, 0.6) is 5.75 Å². The highest BCUT2D eigenvalue weighted by Crippen LogP contribution is 2.46. The molecule has 2 aliphatic heterocycles. The third-order valence-corrected chi connectivity index (χ3v) is 8.72. The molecular formula is C28H37F4N5O5. The number of halogens is 4. The van der Waals surface area contributed by atoms with Crippen molar-refractivity contribution < 1.29 is 41.8 Å². The Morgan fingerprint density at radius 1 is 1.19 bits per heavy atom. The van der Waals surface area contributed by atoms with Crippen molar-refractivity contribution in [2.45, 2.75) is 64.1 Å². The van der Waals surface area contributed by atoms with E-state index in [-0.39, 0.29) is 42.3 Å². The van der Waals surface area contributed by atoms with Crippen molar-refractivity contribution >= 4 is 17.8 Å². The average Bonchev–Trinajstić information content (AvgIpc) is 3.31. The summed E-state index contributed by atoms with van der Waals surface area (Å²) in [6, 6.07) is 1.47. The van der Waals surface area contributed by atoms with Crippen LogP contribution in [-0.2, 0) is 20.8 Å². The lowest BCUT2D eigenvalue weighted by Gasteiger charge is -2.45. The first-order chi connectivity index (χ1) is 19.7. The van der Waals surface area contributed by atoms with E-state index in [4.69, 9.17) is 16.3 Å². The quantitative estimate of drug-likeness (QED) is 0.235. The molecule has 232 valence electrons. The van der Waals surface area contributed by atoms with Gasteiger partial charge < -0.3 is 30.4 Å². The maximum absolute atomic E-state index is 15.2. The molecule has 0 spiro atoms. The Balaban J connectivity index is 1.76. The number of alkyl halides is 3. The van der Waals surface area contributed by atoms with Gasteiger partial charge in [-0.3, -0.25) is 14.4 Å². The number of benzene rings is 1. The predicted octanol–water partition coefficient (Wildman–Crippen LogP) is 3.07. The summed E-state index contributed by atoms with van der Waals surface area (Å²) in [5.74, 6) is 2.31. The summed E-state index contributed by atoms with van der Waals surface area (Å²) in [6.07, 6.45) is -1.86. The van der Waals surface area contributed by atoms with Crippen LogP contribution in [0.3, 0.4) is 0 Å². The summed E-state index contributed by atoms with van der Waals surface area (Å²) in [7, 11) is 0.984. The van der Waals surface area contributed by atoms with Gasteiger partial charge in [0.05, 0.1) is 23.1 Å². The minimum atomic E-state index is -4.86. The van der Waals surface area contributed by atoms with Gasteiger partial charge in [-0.1, -0.05) is 12.8 Å². The highest BCUT2D eigenvalue weighted by Gasteiger charge is 2.50. The van der Waals surface area contributed by atoms with Crippen LogP contribution in [0.2, 0.25) is 0 Å². The Bertz CT molecular complexity index is 1270. The number of ether oxygens (including phenoxy) is 1. The van der Waals surface area contributed by atoms with Gasteiger partial charge in [-0.2, -0.15) is 13.2 Å². The van der Waals surface area contributed by atoms with Crippen LogP contribution in [0, 0.1) is 17.2 Å². The molecule has 1 saturated heterocycles. The van der Waals surface area contributed by atoms with E-state index in [0.717, 1.165) is 13.1 Å². The van der Waals surface area contributed by atoms with E-state index in [0.29, 0.717) is 50.1 Å². The first kappa shape index (κ1) is 31.4. The Labute approximate surface area is 241 Å². The molecule has 1 aromatic carbocycles. The van der Waals surface area contributed by atoms with Gasteiger partial charge in [-0.15, -0.1) is 0 Å². The van der Waals surface area contributed by atoms with Gasteiger partial charge in [0.2, 0.25) is 11.8 Å². The summed E-state index contributed by atoms with van der Waals surface area (Å²) in [5, 5.41) is 10.4. The summed E-state index contributed by atoms with van der Waals surface area (Å²) in [5.41, 5.74) is 2.87. The number of hydrogen-bond acceptors (Lipinski definition) is 7. The van der Waals surface area contributed by atoms with E-state index in [9.17, 15) is 32.7 Å². The lowest BCUT2D eigenvalue weighted by atomic mass is 9.66. The fourth-order valence-electron chi connectivity index (χ4n) is 6.48. The van der Waals surface area contributed by atoms with Crippen molar-refractivity contribution in [2.75, 3.05) is 33.3 Å². The van der Waals surface area contributed by atoms with Gasteiger partial charge in [-0.05, 0) is 50.3 Å². The Hall–Kier alpha value is -3.55.